The number of aromatic nitrogens is 2. The molecule has 3 rings (SSSR count). The van der Waals surface area contributed by atoms with Gasteiger partial charge >= 0.3 is 5.97 Å². The van der Waals surface area contributed by atoms with E-state index in [1.165, 1.54) is 36.4 Å². The van der Waals surface area contributed by atoms with Gasteiger partial charge in [0.2, 0.25) is 17.7 Å². The van der Waals surface area contributed by atoms with E-state index in [0.717, 1.165) is 6.42 Å². The van der Waals surface area contributed by atoms with Gasteiger partial charge < -0.3 is 36.5 Å². The van der Waals surface area contributed by atoms with E-state index < -0.39 is 42.0 Å². The first-order valence-corrected chi connectivity index (χ1v) is 13.8. The topological polar surface area (TPSA) is 186 Å². The van der Waals surface area contributed by atoms with Crippen molar-refractivity contribution in [2.75, 3.05) is 18.6 Å². The maximum Gasteiger partial charge on any atom is 0.326 e. The van der Waals surface area contributed by atoms with Gasteiger partial charge in [-0.3, -0.25) is 14.4 Å². The van der Waals surface area contributed by atoms with Gasteiger partial charge in [-0.25, -0.2) is 9.78 Å². The van der Waals surface area contributed by atoms with Crippen LogP contribution in [0.15, 0.2) is 36.8 Å². The zero-order chi connectivity index (χ0) is 27.5. The van der Waals surface area contributed by atoms with E-state index >= 15 is 0 Å². The van der Waals surface area contributed by atoms with E-state index in [4.69, 9.17) is 0 Å². The molecule has 0 radical (unpaired) electrons. The molecule has 1 aliphatic heterocycles. The van der Waals surface area contributed by atoms with Gasteiger partial charge in [0.25, 0.3) is 0 Å². The number of nitrogens with one attached hydrogen (secondary N) is 5. The van der Waals surface area contributed by atoms with Crippen molar-refractivity contribution in [3.63, 3.8) is 0 Å². The van der Waals surface area contributed by atoms with Gasteiger partial charge in [0, 0.05) is 24.7 Å². The minimum atomic E-state index is -1.22. The van der Waals surface area contributed by atoms with E-state index in [0.29, 0.717) is 30.0 Å². The number of nitrogens with zero attached hydrogens (tertiary/aromatic N) is 1. The van der Waals surface area contributed by atoms with Gasteiger partial charge in [-0.15, -0.1) is 0 Å². The molecule has 0 aliphatic carbocycles. The number of amides is 3. The van der Waals surface area contributed by atoms with E-state index in [2.05, 4.69) is 31.2 Å². The highest BCUT2D eigenvalue weighted by atomic mass is 32.2. The highest BCUT2D eigenvalue weighted by Gasteiger charge is 2.31. The lowest BCUT2D eigenvalue weighted by Crippen LogP contribution is -2.57. The fraction of sp³-hybridized carbons (Fsp3) is 0.480. The molecule has 12 nitrogen and oxygen atoms in total. The number of imidazole rings is 1. The number of benzene rings is 1. The molecule has 1 saturated heterocycles. The van der Waals surface area contributed by atoms with Crippen LogP contribution in [0.2, 0.25) is 0 Å². The standard InChI is InChI=1S/C25H34N6O6S/c1-38-10-8-19(23(34)31-21(25(36)37)12-16-13-26-14-28-16)29-24(35)20(11-15-4-6-17(32)7-5-15)30-22(33)18-3-2-9-27-18/h4-7,13-14,18-21,27,32H,2-3,8-12H2,1H3,(H,26,28)(H,29,35)(H,30,33)(H,31,34)(H,36,37). The Morgan fingerprint density at radius 3 is 2.37 bits per heavy atom. The maximum absolute atomic E-state index is 13.4. The Morgan fingerprint density at radius 2 is 1.76 bits per heavy atom. The molecule has 2 heterocycles. The second-order valence-corrected chi connectivity index (χ2v) is 10.1. The SMILES string of the molecule is CSCCC(NC(=O)C(Cc1ccc(O)cc1)NC(=O)C1CCCN1)C(=O)NC(Cc1cnc[nH]1)C(=O)O. The van der Waals surface area contributed by atoms with Crippen LogP contribution in [-0.4, -0.2) is 86.6 Å². The number of aliphatic carboxylic acids is 1. The third kappa shape index (κ3) is 8.77. The van der Waals surface area contributed by atoms with Crippen LogP contribution in [0, 0.1) is 0 Å². The number of carbonyl (C=O) groups is 4. The molecule has 0 spiro atoms. The van der Waals surface area contributed by atoms with E-state index in [9.17, 15) is 29.4 Å². The van der Waals surface area contributed by atoms with Gasteiger partial charge in [0.1, 0.15) is 23.9 Å². The monoisotopic (exact) mass is 546 g/mol. The number of carbonyl (C=O) groups excluding carboxylic acids is 3. The zero-order valence-corrected chi connectivity index (χ0v) is 21.9. The molecule has 206 valence electrons. The van der Waals surface area contributed by atoms with Crippen LogP contribution in [0.25, 0.3) is 0 Å². The number of aromatic amines is 1. The van der Waals surface area contributed by atoms with Crippen molar-refractivity contribution < 1.29 is 29.4 Å². The summed E-state index contributed by atoms with van der Waals surface area (Å²) in [5.74, 6) is -2.11. The van der Waals surface area contributed by atoms with Crippen molar-refractivity contribution in [2.24, 2.45) is 0 Å². The summed E-state index contributed by atoms with van der Waals surface area (Å²) in [6.07, 6.45) is 6.66. The Kier molecular flexibility index (Phi) is 11.0. The Hall–Kier alpha value is -3.58. The highest BCUT2D eigenvalue weighted by molar-refractivity contribution is 7.98. The summed E-state index contributed by atoms with van der Waals surface area (Å²) in [5.41, 5.74) is 1.25. The number of hydrogen-bond acceptors (Lipinski definition) is 8. The molecule has 1 fully saturated rings. The van der Waals surface area contributed by atoms with Crippen LogP contribution >= 0.6 is 11.8 Å². The van der Waals surface area contributed by atoms with Gasteiger partial charge in [0.15, 0.2) is 0 Å². The van der Waals surface area contributed by atoms with Crippen molar-refractivity contribution >= 4 is 35.5 Å². The van der Waals surface area contributed by atoms with E-state index in [1.807, 2.05) is 6.26 Å². The molecule has 2 aromatic rings. The van der Waals surface area contributed by atoms with Gasteiger partial charge in [0.05, 0.1) is 12.4 Å². The van der Waals surface area contributed by atoms with Crippen molar-refractivity contribution in [2.45, 2.75) is 56.3 Å². The molecular formula is C25H34N6O6S. The lowest BCUT2D eigenvalue weighted by atomic mass is 10.0. The van der Waals surface area contributed by atoms with Crippen LogP contribution in [0.3, 0.4) is 0 Å². The number of carboxylic acids is 1. The maximum atomic E-state index is 13.4. The molecule has 4 unspecified atom stereocenters. The molecule has 1 aliphatic rings. The first-order valence-electron chi connectivity index (χ1n) is 12.4. The summed E-state index contributed by atoms with van der Waals surface area (Å²) in [7, 11) is 0. The van der Waals surface area contributed by atoms with Gasteiger partial charge in [-0.05, 0) is 55.5 Å². The fourth-order valence-electron chi connectivity index (χ4n) is 4.12. The Balaban J connectivity index is 1.73. The molecule has 38 heavy (non-hydrogen) atoms. The summed E-state index contributed by atoms with van der Waals surface area (Å²) in [6.45, 7) is 0.715. The Morgan fingerprint density at radius 1 is 1.05 bits per heavy atom. The van der Waals surface area contributed by atoms with E-state index in [-0.39, 0.29) is 30.9 Å². The van der Waals surface area contributed by atoms with Gasteiger partial charge in [-0.2, -0.15) is 11.8 Å². The van der Waals surface area contributed by atoms with E-state index in [1.54, 1.807) is 12.1 Å². The fourth-order valence-corrected chi connectivity index (χ4v) is 4.59. The number of rotatable bonds is 14. The van der Waals surface area contributed by atoms with Crippen LogP contribution in [0.5, 0.6) is 5.75 Å². The average molecular weight is 547 g/mol. The first-order chi connectivity index (χ1) is 18.3. The number of phenolic OH excluding ortho intramolecular Hbond substituents is 1. The lowest BCUT2D eigenvalue weighted by Gasteiger charge is -2.25. The molecule has 4 atom stereocenters. The Labute approximate surface area is 224 Å². The quantitative estimate of drug-likeness (QED) is 0.171. The number of thioether (sulfide) groups is 1. The average Bonchev–Trinajstić information content (AvgIpc) is 3.61. The van der Waals surface area contributed by atoms with Crippen LogP contribution in [0.1, 0.15) is 30.5 Å². The third-order valence-electron chi connectivity index (χ3n) is 6.22. The second kappa shape index (κ2) is 14.4. The predicted octanol–water partition coefficient (Wildman–Crippen LogP) is -0.0554. The molecule has 1 aromatic heterocycles. The van der Waals surface area contributed by atoms with Crippen LogP contribution in [-0.2, 0) is 32.0 Å². The number of hydrogen-bond donors (Lipinski definition) is 7. The summed E-state index contributed by atoms with van der Waals surface area (Å²) in [4.78, 5) is 57.8. The summed E-state index contributed by atoms with van der Waals surface area (Å²) in [5, 5.41) is 30.3. The van der Waals surface area contributed by atoms with Crippen molar-refractivity contribution in [3.8, 4) is 5.75 Å². The molecule has 13 heteroatoms. The summed E-state index contributed by atoms with van der Waals surface area (Å²) >= 11 is 1.48. The van der Waals surface area contributed by atoms with Crippen LogP contribution < -0.4 is 21.3 Å². The van der Waals surface area contributed by atoms with Crippen molar-refractivity contribution in [3.05, 3.63) is 48.0 Å². The zero-order valence-electron chi connectivity index (χ0n) is 21.1. The summed E-state index contributed by atoms with van der Waals surface area (Å²) in [6, 6.07) is 2.66. The van der Waals surface area contributed by atoms with Crippen molar-refractivity contribution in [1.82, 2.24) is 31.2 Å². The number of carboxylic acid groups (broad SMARTS) is 1. The van der Waals surface area contributed by atoms with Gasteiger partial charge in [-0.1, -0.05) is 12.1 Å². The van der Waals surface area contributed by atoms with Crippen molar-refractivity contribution in [1.29, 1.82) is 0 Å². The second-order valence-electron chi connectivity index (χ2n) is 9.10. The van der Waals surface area contributed by atoms with Crippen LogP contribution in [0.4, 0.5) is 0 Å². The Bertz CT molecular complexity index is 1070. The molecule has 3 amide bonds. The molecule has 1 aromatic carbocycles. The number of aromatic hydroxyl groups is 1. The first kappa shape index (κ1) is 29.0. The third-order valence-corrected chi connectivity index (χ3v) is 6.87. The molecule has 7 N–H and O–H groups in total. The molecular weight excluding hydrogens is 512 g/mol. The minimum absolute atomic E-state index is 0.00179. The predicted molar refractivity (Wildman–Crippen MR) is 142 cm³/mol. The number of H-pyrrole nitrogens is 1. The summed E-state index contributed by atoms with van der Waals surface area (Å²) < 4.78 is 0. The lowest BCUT2D eigenvalue weighted by molar-refractivity contribution is -0.142. The molecule has 0 saturated carbocycles. The largest absolute Gasteiger partial charge is 0.508 e. The highest BCUT2D eigenvalue weighted by Crippen LogP contribution is 2.13. The minimum Gasteiger partial charge on any atom is -0.508 e. The molecule has 0 bridgehead atoms. The normalized spacial score (nSPS) is 17.2. The number of phenols is 1. The smallest absolute Gasteiger partial charge is 0.326 e.